The molecule has 0 saturated carbocycles. The Kier molecular flexibility index (Phi) is 6.54. The zero-order valence-electron chi connectivity index (χ0n) is 19.3. The Morgan fingerprint density at radius 2 is 2.06 bits per heavy atom. The Bertz CT molecular complexity index is 1610. The highest BCUT2D eigenvalue weighted by molar-refractivity contribution is 7.88. The first-order valence-electron chi connectivity index (χ1n) is 10.6. The Morgan fingerprint density at radius 3 is 2.77 bits per heavy atom. The van der Waals surface area contributed by atoms with Crippen molar-refractivity contribution in [2.24, 2.45) is 0 Å². The molecule has 0 saturated heterocycles. The van der Waals surface area contributed by atoms with Crippen LogP contribution in [0, 0.1) is 0 Å². The number of sulfonamides is 1. The van der Waals surface area contributed by atoms with Gasteiger partial charge in [0.05, 0.1) is 22.7 Å². The van der Waals surface area contributed by atoms with Gasteiger partial charge in [-0.05, 0) is 30.5 Å². The molecule has 35 heavy (non-hydrogen) atoms. The molecule has 1 aromatic carbocycles. The molecule has 0 bridgehead atoms. The van der Waals surface area contributed by atoms with Crippen molar-refractivity contribution in [2.45, 2.75) is 19.5 Å². The standard InChI is InChI=1S/C22H24ClN7O4S/c1-13(26-21(31)18-19(24)27-30-9-5-8-25-20(18)30)16-12-14-6-4-7-15(23)17(14)22(32)29(16)11-10-28(2)35(3,33)34/h4-9,12-13H,10-11H2,1-3H3,(H2,24,27)(H,26,31)/t13-/m0/s1. The fourth-order valence-corrected chi connectivity index (χ4v) is 4.51. The number of nitrogens with two attached hydrogens (primary N) is 1. The van der Waals surface area contributed by atoms with E-state index in [4.69, 9.17) is 17.3 Å². The fraction of sp³-hybridized carbons (Fsp3) is 0.273. The van der Waals surface area contributed by atoms with Crippen LogP contribution in [0.15, 0.2) is 47.5 Å². The lowest BCUT2D eigenvalue weighted by Crippen LogP contribution is -2.36. The summed E-state index contributed by atoms with van der Waals surface area (Å²) in [7, 11) is -2.02. The number of halogens is 1. The number of carbonyl (C=O) groups is 1. The normalized spacial score (nSPS) is 12.9. The van der Waals surface area contributed by atoms with Crippen molar-refractivity contribution >= 4 is 49.8 Å². The van der Waals surface area contributed by atoms with Gasteiger partial charge in [0.2, 0.25) is 10.0 Å². The molecule has 0 spiro atoms. The van der Waals surface area contributed by atoms with Gasteiger partial charge in [-0.3, -0.25) is 9.59 Å². The first-order valence-corrected chi connectivity index (χ1v) is 12.8. The lowest BCUT2D eigenvalue weighted by molar-refractivity contribution is 0.0940. The highest BCUT2D eigenvalue weighted by atomic mass is 35.5. The van der Waals surface area contributed by atoms with Crippen molar-refractivity contribution in [3.8, 4) is 0 Å². The number of anilines is 1. The molecule has 0 fully saturated rings. The largest absolute Gasteiger partial charge is 0.381 e. The third-order valence-corrected chi connectivity index (χ3v) is 7.40. The van der Waals surface area contributed by atoms with Gasteiger partial charge in [-0.2, -0.15) is 0 Å². The maximum Gasteiger partial charge on any atom is 0.260 e. The molecule has 0 aliphatic heterocycles. The molecule has 0 unspecified atom stereocenters. The summed E-state index contributed by atoms with van der Waals surface area (Å²) in [6, 6.07) is 7.86. The summed E-state index contributed by atoms with van der Waals surface area (Å²) in [5.74, 6) is -0.493. The van der Waals surface area contributed by atoms with Gasteiger partial charge in [-0.1, -0.05) is 23.7 Å². The predicted molar refractivity (Wildman–Crippen MR) is 134 cm³/mol. The van der Waals surface area contributed by atoms with Crippen molar-refractivity contribution in [3.63, 3.8) is 0 Å². The first kappa shape index (κ1) is 24.6. The summed E-state index contributed by atoms with van der Waals surface area (Å²) in [5, 5.41) is 8.17. The molecule has 13 heteroatoms. The predicted octanol–water partition coefficient (Wildman–Crippen LogP) is 1.66. The van der Waals surface area contributed by atoms with Gasteiger partial charge in [-0.25, -0.2) is 22.2 Å². The maximum absolute atomic E-state index is 13.4. The molecule has 1 amide bonds. The molecule has 4 aromatic rings. The lowest BCUT2D eigenvalue weighted by Gasteiger charge is -2.22. The lowest BCUT2D eigenvalue weighted by atomic mass is 10.1. The SMILES string of the molecule is C[C@H](NC(=O)c1c(N)nn2cccnc12)c1cc2cccc(Cl)c2c(=O)n1CCN(C)S(C)(=O)=O. The quantitative estimate of drug-likeness (QED) is 0.379. The topological polar surface area (TPSA) is 145 Å². The van der Waals surface area contributed by atoms with Crippen LogP contribution in [0.3, 0.4) is 0 Å². The number of benzene rings is 1. The number of rotatable bonds is 7. The average Bonchev–Trinajstić information content (AvgIpc) is 3.13. The molecule has 0 radical (unpaired) electrons. The second-order valence-corrected chi connectivity index (χ2v) is 10.7. The summed E-state index contributed by atoms with van der Waals surface area (Å²) < 4.78 is 27.7. The number of amides is 1. The van der Waals surface area contributed by atoms with E-state index in [0.717, 1.165) is 10.6 Å². The number of aromatic nitrogens is 4. The molecule has 0 aliphatic rings. The van der Waals surface area contributed by atoms with Gasteiger partial charge in [0.25, 0.3) is 11.5 Å². The van der Waals surface area contributed by atoms with Gasteiger partial charge >= 0.3 is 0 Å². The summed E-state index contributed by atoms with van der Waals surface area (Å²) in [4.78, 5) is 30.8. The monoisotopic (exact) mass is 517 g/mol. The van der Waals surface area contributed by atoms with Gasteiger partial charge in [0.15, 0.2) is 11.5 Å². The highest BCUT2D eigenvalue weighted by Gasteiger charge is 2.24. The van der Waals surface area contributed by atoms with E-state index < -0.39 is 22.0 Å². The first-order chi connectivity index (χ1) is 16.5. The van der Waals surface area contributed by atoms with E-state index in [9.17, 15) is 18.0 Å². The Labute approximate surface area is 206 Å². The van der Waals surface area contributed by atoms with Gasteiger partial charge in [0.1, 0.15) is 5.56 Å². The zero-order chi connectivity index (χ0) is 25.5. The molecule has 3 aromatic heterocycles. The maximum atomic E-state index is 13.4. The third-order valence-electron chi connectivity index (χ3n) is 5.77. The van der Waals surface area contributed by atoms with Crippen LogP contribution in [-0.2, 0) is 16.6 Å². The number of hydrogen-bond acceptors (Lipinski definition) is 7. The van der Waals surface area contributed by atoms with Crippen LogP contribution in [0.2, 0.25) is 5.02 Å². The number of nitrogen functional groups attached to an aromatic ring is 1. The molecule has 11 nitrogen and oxygen atoms in total. The van der Waals surface area contributed by atoms with Crippen LogP contribution < -0.4 is 16.6 Å². The summed E-state index contributed by atoms with van der Waals surface area (Å²) in [6.07, 6.45) is 4.24. The van der Waals surface area contributed by atoms with Crippen LogP contribution in [0.25, 0.3) is 16.4 Å². The van der Waals surface area contributed by atoms with Crippen molar-refractivity contribution < 1.29 is 13.2 Å². The molecule has 1 atom stereocenters. The summed E-state index contributed by atoms with van der Waals surface area (Å²) in [6.45, 7) is 1.82. The minimum absolute atomic E-state index is 0.0193. The molecule has 0 aliphatic carbocycles. The van der Waals surface area contributed by atoms with E-state index in [2.05, 4.69) is 15.4 Å². The van der Waals surface area contributed by atoms with Crippen molar-refractivity contribution in [2.75, 3.05) is 25.6 Å². The van der Waals surface area contributed by atoms with Crippen LogP contribution in [0.1, 0.15) is 29.0 Å². The molecular formula is C22H24ClN7O4S. The summed E-state index contributed by atoms with van der Waals surface area (Å²) in [5.41, 5.74) is 6.48. The smallest absolute Gasteiger partial charge is 0.260 e. The van der Waals surface area contributed by atoms with E-state index in [1.165, 1.54) is 22.3 Å². The third kappa shape index (κ3) is 4.72. The van der Waals surface area contributed by atoms with E-state index in [-0.39, 0.29) is 35.1 Å². The number of carbonyl (C=O) groups excluding carboxylic acids is 1. The average molecular weight is 518 g/mol. The van der Waals surface area contributed by atoms with Crippen molar-refractivity contribution in [1.82, 2.24) is 28.8 Å². The second kappa shape index (κ2) is 9.29. The minimum atomic E-state index is -3.45. The van der Waals surface area contributed by atoms with Crippen LogP contribution in [-0.4, -0.2) is 57.6 Å². The Morgan fingerprint density at radius 1 is 1.31 bits per heavy atom. The molecule has 3 heterocycles. The Hall–Kier alpha value is -3.48. The van der Waals surface area contributed by atoms with Gasteiger partial charge < -0.3 is 15.6 Å². The van der Waals surface area contributed by atoms with Crippen LogP contribution in [0.5, 0.6) is 0 Å². The van der Waals surface area contributed by atoms with Crippen LogP contribution >= 0.6 is 11.6 Å². The van der Waals surface area contributed by atoms with E-state index >= 15 is 0 Å². The van der Waals surface area contributed by atoms with Gasteiger partial charge in [-0.15, -0.1) is 5.10 Å². The number of pyridine rings is 1. The number of nitrogens with zero attached hydrogens (tertiary/aromatic N) is 5. The molecule has 3 N–H and O–H groups in total. The Balaban J connectivity index is 1.75. The minimum Gasteiger partial charge on any atom is -0.381 e. The second-order valence-electron chi connectivity index (χ2n) is 8.16. The van der Waals surface area contributed by atoms with Crippen molar-refractivity contribution in [1.29, 1.82) is 0 Å². The molecule has 184 valence electrons. The zero-order valence-corrected chi connectivity index (χ0v) is 20.8. The number of hydrogen-bond donors (Lipinski definition) is 2. The number of nitrogens with one attached hydrogen (secondary N) is 1. The number of likely N-dealkylation sites (N-methyl/N-ethyl adjacent to an activating group) is 1. The fourth-order valence-electron chi connectivity index (χ4n) is 3.84. The van der Waals surface area contributed by atoms with E-state index in [1.807, 2.05) is 0 Å². The number of fused-ring (bicyclic) bond motifs is 2. The van der Waals surface area contributed by atoms with Gasteiger partial charge in [0, 0.05) is 38.2 Å². The van der Waals surface area contributed by atoms with E-state index in [0.29, 0.717) is 22.1 Å². The summed E-state index contributed by atoms with van der Waals surface area (Å²) >= 11 is 6.31. The van der Waals surface area contributed by atoms with E-state index in [1.54, 1.807) is 43.5 Å². The van der Waals surface area contributed by atoms with Crippen LogP contribution in [0.4, 0.5) is 5.82 Å². The highest BCUT2D eigenvalue weighted by Crippen LogP contribution is 2.24. The van der Waals surface area contributed by atoms with Crippen molar-refractivity contribution in [3.05, 3.63) is 69.4 Å². The molecule has 4 rings (SSSR count). The molecular weight excluding hydrogens is 494 g/mol.